The van der Waals surface area contributed by atoms with Gasteiger partial charge < -0.3 is 10.2 Å². The monoisotopic (exact) mass is 294 g/mol. The zero-order valence-corrected chi connectivity index (χ0v) is 12.0. The summed E-state index contributed by atoms with van der Waals surface area (Å²) in [5.41, 5.74) is 0. The highest BCUT2D eigenvalue weighted by Crippen LogP contribution is 2.20. The van der Waals surface area contributed by atoms with Gasteiger partial charge in [0, 0.05) is 16.7 Å². The summed E-state index contributed by atoms with van der Waals surface area (Å²) in [5, 5.41) is 17.7. The van der Waals surface area contributed by atoms with Gasteiger partial charge in [-0.05, 0) is 48.5 Å². The fourth-order valence-corrected chi connectivity index (χ4v) is 1.89. The minimum atomic E-state index is 0.0516. The molecule has 2 aromatic rings. The molecule has 0 saturated carbocycles. The summed E-state index contributed by atoms with van der Waals surface area (Å²) in [7, 11) is 0. The molecule has 0 amide bonds. The summed E-state index contributed by atoms with van der Waals surface area (Å²) in [6.45, 7) is 1.51. The molecule has 19 heavy (non-hydrogen) atoms. The largest absolute Gasteiger partial charge is 0.508 e. The third-order valence-corrected chi connectivity index (χ3v) is 3.04. The van der Waals surface area contributed by atoms with Gasteiger partial charge in [0.15, 0.2) is 5.12 Å². The van der Waals surface area contributed by atoms with E-state index in [-0.39, 0.29) is 16.6 Å². The van der Waals surface area contributed by atoms with Crippen molar-refractivity contribution in [3.8, 4) is 11.5 Å². The lowest BCUT2D eigenvalue weighted by atomic mass is 10.3. The number of carbonyl (C=O) groups excluding carboxylic acids is 1. The molecule has 0 unspecified atom stereocenters. The van der Waals surface area contributed by atoms with Crippen LogP contribution in [0.1, 0.15) is 6.92 Å². The van der Waals surface area contributed by atoms with Crippen molar-refractivity contribution >= 4 is 29.5 Å². The van der Waals surface area contributed by atoms with Crippen molar-refractivity contribution in [2.45, 2.75) is 16.7 Å². The Labute approximate surface area is 121 Å². The molecule has 3 nitrogen and oxygen atoms in total. The van der Waals surface area contributed by atoms with Crippen molar-refractivity contribution in [2.75, 3.05) is 0 Å². The first kappa shape index (κ1) is 15.5. The van der Waals surface area contributed by atoms with Crippen LogP contribution in [0, 0.1) is 0 Å². The van der Waals surface area contributed by atoms with E-state index in [1.165, 1.54) is 6.92 Å². The molecule has 2 aromatic carbocycles. The minimum absolute atomic E-state index is 0.0516. The lowest BCUT2D eigenvalue weighted by molar-refractivity contribution is -0.109. The van der Waals surface area contributed by atoms with Gasteiger partial charge in [-0.3, -0.25) is 4.79 Å². The van der Waals surface area contributed by atoms with E-state index in [9.17, 15) is 4.79 Å². The third-order valence-electron chi connectivity index (χ3n) is 1.95. The molecular formula is C14H14O3S2. The Bertz CT molecular complexity index is 500. The Hall–Kier alpha value is -1.59. The van der Waals surface area contributed by atoms with Crippen LogP contribution in [0.2, 0.25) is 0 Å². The minimum Gasteiger partial charge on any atom is -0.508 e. The highest BCUT2D eigenvalue weighted by atomic mass is 32.2. The summed E-state index contributed by atoms with van der Waals surface area (Å²) in [6.07, 6.45) is 0. The number of benzene rings is 2. The number of hydrogen-bond donors (Lipinski definition) is 3. The summed E-state index contributed by atoms with van der Waals surface area (Å²) in [4.78, 5) is 12.3. The number of phenols is 2. The van der Waals surface area contributed by atoms with Crippen molar-refractivity contribution in [3.63, 3.8) is 0 Å². The number of phenolic OH excluding ortho intramolecular Hbond substituents is 2. The maximum absolute atomic E-state index is 10.6. The molecule has 0 saturated heterocycles. The average molecular weight is 294 g/mol. The number of aromatic hydroxyl groups is 2. The fraction of sp³-hybridized carbons (Fsp3) is 0.0714. The predicted octanol–water partition coefficient (Wildman–Crippen LogP) is 3.71. The van der Waals surface area contributed by atoms with Gasteiger partial charge in [-0.2, -0.15) is 0 Å². The Kier molecular flexibility index (Phi) is 6.32. The van der Waals surface area contributed by atoms with E-state index in [2.05, 4.69) is 12.6 Å². The second-order valence-electron chi connectivity index (χ2n) is 3.60. The maximum atomic E-state index is 10.6. The highest BCUT2D eigenvalue weighted by molar-refractivity contribution is 8.13. The average Bonchev–Trinajstić information content (AvgIpc) is 2.36. The Morgan fingerprint density at radius 1 is 0.947 bits per heavy atom. The SMILES string of the molecule is CC(=O)Sc1ccc(O)cc1.Oc1ccc(S)cc1. The van der Waals surface area contributed by atoms with Crippen LogP contribution < -0.4 is 0 Å². The van der Waals surface area contributed by atoms with Crippen LogP contribution in [-0.2, 0) is 4.79 Å². The molecule has 5 heteroatoms. The van der Waals surface area contributed by atoms with Crippen LogP contribution in [0.5, 0.6) is 11.5 Å². The van der Waals surface area contributed by atoms with Gasteiger partial charge in [0.05, 0.1) is 0 Å². The molecule has 0 bridgehead atoms. The van der Waals surface area contributed by atoms with Crippen LogP contribution in [0.4, 0.5) is 0 Å². The zero-order chi connectivity index (χ0) is 14.3. The van der Waals surface area contributed by atoms with Gasteiger partial charge in [-0.1, -0.05) is 11.8 Å². The predicted molar refractivity (Wildman–Crippen MR) is 80.0 cm³/mol. The Balaban J connectivity index is 0.000000200. The quantitative estimate of drug-likeness (QED) is 0.554. The van der Waals surface area contributed by atoms with E-state index in [0.29, 0.717) is 0 Å². The first-order valence-corrected chi connectivity index (χ1v) is 6.69. The highest BCUT2D eigenvalue weighted by Gasteiger charge is 1.96. The summed E-state index contributed by atoms with van der Waals surface area (Å²) >= 11 is 5.18. The lowest BCUT2D eigenvalue weighted by Crippen LogP contribution is -1.79. The number of hydrogen-bond acceptors (Lipinski definition) is 5. The molecule has 0 aromatic heterocycles. The molecule has 0 aliphatic heterocycles. The smallest absolute Gasteiger partial charge is 0.190 e. The van der Waals surface area contributed by atoms with E-state index < -0.39 is 0 Å². The molecular weight excluding hydrogens is 280 g/mol. The van der Waals surface area contributed by atoms with Crippen molar-refractivity contribution < 1.29 is 15.0 Å². The van der Waals surface area contributed by atoms with E-state index in [4.69, 9.17) is 10.2 Å². The molecule has 2 rings (SSSR count). The topological polar surface area (TPSA) is 57.5 Å². The Morgan fingerprint density at radius 3 is 1.74 bits per heavy atom. The van der Waals surface area contributed by atoms with E-state index >= 15 is 0 Å². The summed E-state index contributed by atoms with van der Waals surface area (Å²) in [5.74, 6) is 0.501. The zero-order valence-electron chi connectivity index (χ0n) is 10.3. The van der Waals surface area contributed by atoms with Gasteiger partial charge in [0.2, 0.25) is 0 Å². The fourth-order valence-electron chi connectivity index (χ4n) is 1.13. The molecule has 2 N–H and O–H groups in total. The first-order chi connectivity index (χ1) is 8.97. The molecule has 0 spiro atoms. The first-order valence-electron chi connectivity index (χ1n) is 5.43. The Morgan fingerprint density at radius 2 is 1.37 bits per heavy atom. The normalized spacial score (nSPS) is 9.37. The van der Waals surface area contributed by atoms with Crippen LogP contribution in [-0.4, -0.2) is 15.3 Å². The van der Waals surface area contributed by atoms with Gasteiger partial charge in [-0.25, -0.2) is 0 Å². The van der Waals surface area contributed by atoms with E-state index in [0.717, 1.165) is 21.6 Å². The van der Waals surface area contributed by atoms with Crippen LogP contribution in [0.3, 0.4) is 0 Å². The van der Waals surface area contributed by atoms with Gasteiger partial charge in [0.25, 0.3) is 0 Å². The van der Waals surface area contributed by atoms with E-state index in [1.54, 1.807) is 48.5 Å². The molecule has 0 atom stereocenters. The molecule has 0 aliphatic carbocycles. The molecule has 0 radical (unpaired) electrons. The standard InChI is InChI=1S/C8H8O2S.C6H6OS/c1-6(9)11-8-4-2-7(10)3-5-8;7-5-1-3-6(8)4-2-5/h2-5,10H,1H3;1-4,7-8H. The molecule has 0 fully saturated rings. The van der Waals surface area contributed by atoms with E-state index in [1.807, 2.05) is 0 Å². The second-order valence-corrected chi connectivity index (χ2v) is 5.37. The number of rotatable bonds is 1. The molecule has 0 heterocycles. The van der Waals surface area contributed by atoms with Gasteiger partial charge in [-0.15, -0.1) is 12.6 Å². The van der Waals surface area contributed by atoms with Crippen molar-refractivity contribution in [1.29, 1.82) is 0 Å². The second kappa shape index (κ2) is 7.76. The molecule has 0 aliphatic rings. The van der Waals surface area contributed by atoms with Gasteiger partial charge in [0.1, 0.15) is 11.5 Å². The van der Waals surface area contributed by atoms with Crippen molar-refractivity contribution in [2.24, 2.45) is 0 Å². The lowest BCUT2D eigenvalue weighted by Gasteiger charge is -1.95. The number of thioether (sulfide) groups is 1. The van der Waals surface area contributed by atoms with Crippen molar-refractivity contribution in [3.05, 3.63) is 48.5 Å². The van der Waals surface area contributed by atoms with Crippen LogP contribution in [0.25, 0.3) is 0 Å². The van der Waals surface area contributed by atoms with Crippen molar-refractivity contribution in [1.82, 2.24) is 0 Å². The van der Waals surface area contributed by atoms with Crippen LogP contribution in [0.15, 0.2) is 58.3 Å². The number of thiol groups is 1. The molecule has 100 valence electrons. The van der Waals surface area contributed by atoms with Gasteiger partial charge >= 0.3 is 0 Å². The summed E-state index contributed by atoms with van der Waals surface area (Å²) < 4.78 is 0. The van der Waals surface area contributed by atoms with Crippen LogP contribution >= 0.6 is 24.4 Å². The maximum Gasteiger partial charge on any atom is 0.190 e. The number of carbonyl (C=O) groups is 1. The summed E-state index contributed by atoms with van der Waals surface area (Å²) in [6, 6.07) is 13.2. The third kappa shape index (κ3) is 6.79.